The first-order chi connectivity index (χ1) is 13.0. The molecule has 0 spiro atoms. The smallest absolute Gasteiger partial charge is 0.329 e. The maximum Gasteiger partial charge on any atom is 0.329 e. The molecule has 0 aliphatic rings. The first-order valence-corrected chi connectivity index (χ1v) is 9.57. The highest BCUT2D eigenvalue weighted by Gasteiger charge is 2.34. The van der Waals surface area contributed by atoms with Gasteiger partial charge in [0.15, 0.2) is 0 Å². The van der Waals surface area contributed by atoms with Gasteiger partial charge in [0.1, 0.15) is 18.1 Å². The minimum Gasteiger partial charge on any atom is -0.497 e. The van der Waals surface area contributed by atoms with E-state index in [1.165, 1.54) is 0 Å². The number of hydrogen-bond acceptors (Lipinski definition) is 5. The summed E-state index contributed by atoms with van der Waals surface area (Å²) in [6.07, 6.45) is 0.824. The SMILES string of the molecule is CCOC(=O)[C@@H](Nc1ccc(OC)cc1)[C@H](C=O)[C@@H](C)c1ccc(Br)cc1. The molecule has 0 saturated carbocycles. The third-order valence-corrected chi connectivity index (χ3v) is 5.00. The standard InChI is InChI=1S/C21H24BrNO4/c1-4-27-21(25)20(23-17-9-11-18(26-3)12-10-17)19(13-24)14(2)15-5-7-16(22)8-6-15/h5-14,19-20,23H,4H2,1-3H3/t14-,19+,20-/m0/s1. The first kappa shape index (κ1) is 21.0. The zero-order chi connectivity index (χ0) is 19.8. The van der Waals surface area contributed by atoms with E-state index < -0.39 is 17.9 Å². The van der Waals surface area contributed by atoms with E-state index in [0.29, 0.717) is 11.4 Å². The van der Waals surface area contributed by atoms with Gasteiger partial charge in [-0.05, 0) is 54.8 Å². The lowest BCUT2D eigenvalue weighted by Crippen LogP contribution is -2.41. The highest BCUT2D eigenvalue weighted by Crippen LogP contribution is 2.29. The van der Waals surface area contributed by atoms with Crippen LogP contribution in [0.1, 0.15) is 25.3 Å². The van der Waals surface area contributed by atoms with E-state index in [9.17, 15) is 9.59 Å². The molecule has 2 aromatic rings. The fourth-order valence-corrected chi connectivity index (χ4v) is 3.15. The fraction of sp³-hybridized carbons (Fsp3) is 0.333. The Morgan fingerprint density at radius 3 is 2.30 bits per heavy atom. The number of hydrogen-bond donors (Lipinski definition) is 1. The fourth-order valence-electron chi connectivity index (χ4n) is 2.88. The van der Waals surface area contributed by atoms with Gasteiger partial charge in [0.2, 0.25) is 0 Å². The van der Waals surface area contributed by atoms with E-state index in [1.807, 2.05) is 31.2 Å². The number of ether oxygens (including phenoxy) is 2. The van der Waals surface area contributed by atoms with Crippen LogP contribution >= 0.6 is 15.9 Å². The van der Waals surface area contributed by atoms with Gasteiger partial charge < -0.3 is 19.6 Å². The van der Waals surface area contributed by atoms with Crippen molar-refractivity contribution in [3.05, 3.63) is 58.6 Å². The summed E-state index contributed by atoms with van der Waals surface area (Å²) >= 11 is 3.41. The maximum absolute atomic E-state index is 12.6. The normalized spacial score (nSPS) is 13.9. The second-order valence-corrected chi connectivity index (χ2v) is 7.07. The summed E-state index contributed by atoms with van der Waals surface area (Å²) in [6, 6.07) is 14.1. The number of carbonyl (C=O) groups is 2. The minimum absolute atomic E-state index is 0.171. The average Bonchev–Trinajstić information content (AvgIpc) is 2.69. The molecule has 0 heterocycles. The molecule has 144 valence electrons. The van der Waals surface area contributed by atoms with Crippen LogP contribution < -0.4 is 10.1 Å². The van der Waals surface area contributed by atoms with E-state index in [2.05, 4.69) is 21.2 Å². The molecule has 2 aromatic carbocycles. The second kappa shape index (κ2) is 10.1. The van der Waals surface area contributed by atoms with Crippen LogP contribution in [0.15, 0.2) is 53.0 Å². The molecule has 0 fully saturated rings. The number of nitrogens with one attached hydrogen (secondary N) is 1. The lowest BCUT2D eigenvalue weighted by atomic mass is 9.83. The van der Waals surface area contributed by atoms with Crippen LogP contribution in [0.5, 0.6) is 5.75 Å². The number of carbonyl (C=O) groups excluding carboxylic acids is 2. The van der Waals surface area contributed by atoms with Gasteiger partial charge in [0.25, 0.3) is 0 Å². The molecule has 5 nitrogen and oxygen atoms in total. The van der Waals surface area contributed by atoms with E-state index >= 15 is 0 Å². The predicted molar refractivity (Wildman–Crippen MR) is 109 cm³/mol. The van der Waals surface area contributed by atoms with Gasteiger partial charge in [-0.2, -0.15) is 0 Å². The number of rotatable bonds is 9. The molecule has 0 saturated heterocycles. The Balaban J connectivity index is 2.29. The summed E-state index contributed by atoms with van der Waals surface area (Å²) in [5.74, 6) is -0.499. The summed E-state index contributed by atoms with van der Waals surface area (Å²) in [5, 5.41) is 3.16. The highest BCUT2D eigenvalue weighted by atomic mass is 79.9. The zero-order valence-electron chi connectivity index (χ0n) is 15.6. The summed E-state index contributed by atoms with van der Waals surface area (Å²) < 4.78 is 11.3. The number of halogens is 1. The van der Waals surface area contributed by atoms with Gasteiger partial charge in [0.05, 0.1) is 19.6 Å². The van der Waals surface area contributed by atoms with Crippen molar-refractivity contribution in [3.63, 3.8) is 0 Å². The lowest BCUT2D eigenvalue weighted by Gasteiger charge is -2.28. The number of esters is 1. The van der Waals surface area contributed by atoms with Crippen molar-refractivity contribution in [3.8, 4) is 5.75 Å². The predicted octanol–water partition coefficient (Wildman–Crippen LogP) is 4.42. The van der Waals surface area contributed by atoms with E-state index in [0.717, 1.165) is 16.3 Å². The van der Waals surface area contributed by atoms with Crippen molar-refractivity contribution in [2.75, 3.05) is 19.0 Å². The number of aldehydes is 1. The van der Waals surface area contributed by atoms with Gasteiger partial charge in [-0.25, -0.2) is 4.79 Å². The van der Waals surface area contributed by atoms with Crippen molar-refractivity contribution < 1.29 is 19.1 Å². The summed E-state index contributed by atoms with van der Waals surface area (Å²) in [7, 11) is 1.59. The Bertz CT molecular complexity index is 746. The van der Waals surface area contributed by atoms with Crippen LogP contribution in [0.25, 0.3) is 0 Å². The van der Waals surface area contributed by atoms with Gasteiger partial charge >= 0.3 is 5.97 Å². The number of methoxy groups -OCH3 is 1. The van der Waals surface area contributed by atoms with Crippen LogP contribution in [0.4, 0.5) is 5.69 Å². The minimum atomic E-state index is -0.797. The number of anilines is 1. The second-order valence-electron chi connectivity index (χ2n) is 6.16. The van der Waals surface area contributed by atoms with Crippen LogP contribution in [0.2, 0.25) is 0 Å². The van der Waals surface area contributed by atoms with Crippen molar-refractivity contribution in [2.45, 2.75) is 25.8 Å². The van der Waals surface area contributed by atoms with E-state index in [1.54, 1.807) is 38.3 Å². The van der Waals surface area contributed by atoms with Gasteiger partial charge in [0, 0.05) is 10.2 Å². The molecule has 6 heteroatoms. The molecule has 1 N–H and O–H groups in total. The molecule has 0 amide bonds. The van der Waals surface area contributed by atoms with Gasteiger partial charge in [-0.15, -0.1) is 0 Å². The Hall–Kier alpha value is -2.34. The molecule has 0 aromatic heterocycles. The quantitative estimate of drug-likeness (QED) is 0.468. The van der Waals surface area contributed by atoms with Crippen LogP contribution in [-0.4, -0.2) is 32.0 Å². The molecule has 3 atom stereocenters. The lowest BCUT2D eigenvalue weighted by molar-refractivity contribution is -0.146. The van der Waals surface area contributed by atoms with Crippen molar-refractivity contribution in [1.29, 1.82) is 0 Å². The van der Waals surface area contributed by atoms with E-state index in [-0.39, 0.29) is 12.5 Å². The Labute approximate surface area is 168 Å². The monoisotopic (exact) mass is 433 g/mol. The molecule has 2 rings (SSSR count). The van der Waals surface area contributed by atoms with E-state index in [4.69, 9.17) is 9.47 Å². The number of benzene rings is 2. The van der Waals surface area contributed by atoms with Gasteiger partial charge in [-0.1, -0.05) is 35.0 Å². The molecule has 0 bridgehead atoms. The zero-order valence-corrected chi connectivity index (χ0v) is 17.2. The van der Waals surface area contributed by atoms with Crippen LogP contribution in [0.3, 0.4) is 0 Å². The third-order valence-electron chi connectivity index (χ3n) is 4.47. The van der Waals surface area contributed by atoms with Crippen molar-refractivity contribution in [2.24, 2.45) is 5.92 Å². The average molecular weight is 434 g/mol. The van der Waals surface area contributed by atoms with Crippen molar-refractivity contribution in [1.82, 2.24) is 0 Å². The summed E-state index contributed by atoms with van der Waals surface area (Å²) in [6.45, 7) is 3.93. The van der Waals surface area contributed by atoms with Crippen LogP contribution in [0, 0.1) is 5.92 Å². The van der Waals surface area contributed by atoms with Crippen molar-refractivity contribution >= 4 is 33.9 Å². The third kappa shape index (κ3) is 5.57. The molecular formula is C21H24BrNO4. The molecular weight excluding hydrogens is 410 g/mol. The van der Waals surface area contributed by atoms with Crippen LogP contribution in [-0.2, 0) is 14.3 Å². The Morgan fingerprint density at radius 1 is 1.15 bits per heavy atom. The maximum atomic E-state index is 12.6. The first-order valence-electron chi connectivity index (χ1n) is 8.78. The summed E-state index contributed by atoms with van der Waals surface area (Å²) in [5.41, 5.74) is 1.69. The largest absolute Gasteiger partial charge is 0.497 e. The summed E-state index contributed by atoms with van der Waals surface area (Å²) in [4.78, 5) is 24.5. The topological polar surface area (TPSA) is 64.6 Å². The molecule has 27 heavy (non-hydrogen) atoms. The van der Waals surface area contributed by atoms with Gasteiger partial charge in [-0.3, -0.25) is 0 Å². The Kier molecular flexibility index (Phi) is 7.85. The Morgan fingerprint density at radius 2 is 1.78 bits per heavy atom. The molecule has 0 aliphatic heterocycles. The molecule has 0 radical (unpaired) electrons. The molecule has 0 aliphatic carbocycles. The highest BCUT2D eigenvalue weighted by molar-refractivity contribution is 9.10. The molecule has 0 unspecified atom stereocenters.